The number of carbonyl (C=O) groups is 3. The van der Waals surface area contributed by atoms with E-state index in [0.717, 1.165) is 16.0 Å². The zero-order valence-electron chi connectivity index (χ0n) is 14.7. The third kappa shape index (κ3) is 4.78. The number of rotatable bonds is 7. The molecule has 140 valence electrons. The summed E-state index contributed by atoms with van der Waals surface area (Å²) >= 11 is 1.15. The minimum absolute atomic E-state index is 0.125. The molecule has 2 aromatic rings. The van der Waals surface area contributed by atoms with Crippen molar-refractivity contribution in [2.24, 2.45) is 5.92 Å². The zero-order valence-corrected chi connectivity index (χ0v) is 15.5. The van der Waals surface area contributed by atoms with E-state index in [2.05, 4.69) is 10.1 Å². The van der Waals surface area contributed by atoms with E-state index in [1.54, 1.807) is 6.07 Å². The highest BCUT2D eigenvalue weighted by molar-refractivity contribution is 7.20. The van der Waals surface area contributed by atoms with Gasteiger partial charge in [0, 0.05) is 4.70 Å². The van der Waals surface area contributed by atoms with Crippen LogP contribution in [0.5, 0.6) is 0 Å². The number of benzene rings is 1. The molecule has 26 heavy (non-hydrogen) atoms. The molecule has 0 saturated heterocycles. The molecule has 0 spiro atoms. The predicted molar refractivity (Wildman–Crippen MR) is 95.5 cm³/mol. The number of carbonyl (C=O) groups excluding carboxylic acids is 3. The van der Waals surface area contributed by atoms with E-state index in [1.165, 1.54) is 25.3 Å². The van der Waals surface area contributed by atoms with Crippen molar-refractivity contribution in [3.8, 4) is 0 Å². The number of esters is 2. The Labute approximate surface area is 154 Å². The summed E-state index contributed by atoms with van der Waals surface area (Å²) in [5.41, 5.74) is 0. The standard InChI is InChI=1S/C18H20FNO5S/c1-4-10(2)16(18(23)24-3)20-15(21)9-25-17(22)14-8-11-7-12(19)5-6-13(11)26-14/h5-8,10,16H,4,9H2,1-3H3,(H,20,21)/t10-,16+/m0/s1. The molecular formula is C18H20FNO5S. The Morgan fingerprint density at radius 3 is 2.65 bits per heavy atom. The van der Waals surface area contributed by atoms with Gasteiger partial charge in [-0.3, -0.25) is 4.79 Å². The smallest absolute Gasteiger partial charge is 0.348 e. The van der Waals surface area contributed by atoms with Crippen molar-refractivity contribution in [1.29, 1.82) is 0 Å². The molecular weight excluding hydrogens is 361 g/mol. The summed E-state index contributed by atoms with van der Waals surface area (Å²) in [6.45, 7) is 3.17. The van der Waals surface area contributed by atoms with Crippen LogP contribution in [0.4, 0.5) is 4.39 Å². The summed E-state index contributed by atoms with van der Waals surface area (Å²) < 4.78 is 23.6. The van der Waals surface area contributed by atoms with Crippen molar-refractivity contribution in [3.63, 3.8) is 0 Å². The molecule has 0 fully saturated rings. The van der Waals surface area contributed by atoms with E-state index in [-0.39, 0.29) is 10.8 Å². The van der Waals surface area contributed by atoms with Crippen LogP contribution in [0.1, 0.15) is 29.9 Å². The van der Waals surface area contributed by atoms with Gasteiger partial charge in [0.1, 0.15) is 16.7 Å². The summed E-state index contributed by atoms with van der Waals surface area (Å²) in [4.78, 5) is 36.1. The number of hydrogen-bond acceptors (Lipinski definition) is 6. The average Bonchev–Trinajstić information content (AvgIpc) is 3.06. The first kappa shape index (κ1) is 19.8. The second kappa shape index (κ2) is 8.75. The van der Waals surface area contributed by atoms with E-state index < -0.39 is 36.3 Å². The molecule has 6 nitrogen and oxygen atoms in total. The molecule has 1 amide bonds. The topological polar surface area (TPSA) is 81.7 Å². The Hall–Kier alpha value is -2.48. The fourth-order valence-corrected chi connectivity index (χ4v) is 3.27. The maximum absolute atomic E-state index is 13.2. The van der Waals surface area contributed by atoms with E-state index in [4.69, 9.17) is 4.74 Å². The molecule has 0 saturated carbocycles. The van der Waals surface area contributed by atoms with Crippen LogP contribution in [-0.2, 0) is 19.1 Å². The van der Waals surface area contributed by atoms with Crippen molar-refractivity contribution in [2.45, 2.75) is 26.3 Å². The van der Waals surface area contributed by atoms with Gasteiger partial charge < -0.3 is 14.8 Å². The molecule has 1 N–H and O–H groups in total. The summed E-state index contributed by atoms with van der Waals surface area (Å²) in [5.74, 6) is -2.35. The lowest BCUT2D eigenvalue weighted by atomic mass is 9.99. The lowest BCUT2D eigenvalue weighted by Gasteiger charge is -2.21. The van der Waals surface area contributed by atoms with E-state index in [9.17, 15) is 18.8 Å². The van der Waals surface area contributed by atoms with Crippen LogP contribution < -0.4 is 5.32 Å². The number of thiophene rings is 1. The largest absolute Gasteiger partial charge is 0.467 e. The van der Waals surface area contributed by atoms with E-state index in [0.29, 0.717) is 11.8 Å². The molecule has 1 aromatic carbocycles. The Morgan fingerprint density at radius 1 is 1.27 bits per heavy atom. The maximum atomic E-state index is 13.2. The van der Waals surface area contributed by atoms with E-state index in [1.807, 2.05) is 13.8 Å². The minimum Gasteiger partial charge on any atom is -0.467 e. The normalized spacial score (nSPS) is 13.1. The van der Waals surface area contributed by atoms with Gasteiger partial charge in [-0.25, -0.2) is 14.0 Å². The molecule has 0 radical (unpaired) electrons. The summed E-state index contributed by atoms with van der Waals surface area (Å²) in [6.07, 6.45) is 0.665. The Morgan fingerprint density at radius 2 is 2.00 bits per heavy atom. The van der Waals surface area contributed by atoms with Crippen LogP contribution in [-0.4, -0.2) is 37.6 Å². The first-order valence-corrected chi connectivity index (χ1v) is 8.90. The van der Waals surface area contributed by atoms with Gasteiger partial charge in [0.25, 0.3) is 5.91 Å². The minimum atomic E-state index is -0.802. The molecule has 0 unspecified atom stereocenters. The molecule has 0 aliphatic heterocycles. The van der Waals surface area contributed by atoms with Crippen molar-refractivity contribution < 1.29 is 28.2 Å². The number of amides is 1. The van der Waals surface area contributed by atoms with Crippen LogP contribution in [0.3, 0.4) is 0 Å². The fraction of sp³-hybridized carbons (Fsp3) is 0.389. The molecule has 0 aliphatic carbocycles. The molecule has 1 aromatic heterocycles. The van der Waals surface area contributed by atoms with Crippen molar-refractivity contribution in [2.75, 3.05) is 13.7 Å². The lowest BCUT2D eigenvalue weighted by molar-refractivity contribution is -0.147. The van der Waals surface area contributed by atoms with Crippen LogP contribution in [0.15, 0.2) is 24.3 Å². The van der Waals surface area contributed by atoms with Gasteiger partial charge in [-0.2, -0.15) is 0 Å². The van der Waals surface area contributed by atoms with Crippen molar-refractivity contribution >= 4 is 39.3 Å². The number of ether oxygens (including phenoxy) is 2. The highest BCUT2D eigenvalue weighted by atomic mass is 32.1. The fourth-order valence-electron chi connectivity index (χ4n) is 2.33. The van der Waals surface area contributed by atoms with Crippen LogP contribution >= 0.6 is 11.3 Å². The van der Waals surface area contributed by atoms with Crippen molar-refractivity contribution in [3.05, 3.63) is 35.0 Å². The highest BCUT2D eigenvalue weighted by Crippen LogP contribution is 2.26. The monoisotopic (exact) mass is 381 g/mol. The maximum Gasteiger partial charge on any atom is 0.348 e. The molecule has 0 bridgehead atoms. The number of hydrogen-bond donors (Lipinski definition) is 1. The number of halogens is 1. The average molecular weight is 381 g/mol. The first-order valence-electron chi connectivity index (χ1n) is 8.09. The molecule has 8 heteroatoms. The van der Waals surface area contributed by atoms with Crippen LogP contribution in [0.25, 0.3) is 10.1 Å². The first-order chi connectivity index (χ1) is 12.3. The van der Waals surface area contributed by atoms with E-state index >= 15 is 0 Å². The van der Waals surface area contributed by atoms with Crippen LogP contribution in [0, 0.1) is 11.7 Å². The third-order valence-corrected chi connectivity index (χ3v) is 5.09. The SMILES string of the molecule is CC[C@H](C)[C@@H](NC(=O)COC(=O)c1cc2cc(F)ccc2s1)C(=O)OC. The van der Waals surface area contributed by atoms with Gasteiger partial charge in [-0.15, -0.1) is 11.3 Å². The summed E-state index contributed by atoms with van der Waals surface area (Å²) in [5, 5.41) is 3.11. The van der Waals surface area contributed by atoms with Crippen molar-refractivity contribution in [1.82, 2.24) is 5.32 Å². The van der Waals surface area contributed by atoms with Gasteiger partial charge in [0.15, 0.2) is 6.61 Å². The number of methoxy groups -OCH3 is 1. The summed E-state index contributed by atoms with van der Waals surface area (Å²) in [6, 6.07) is 4.92. The Bertz CT molecular complexity index is 819. The second-order valence-electron chi connectivity index (χ2n) is 5.82. The molecule has 0 aliphatic rings. The van der Waals surface area contributed by atoms with Gasteiger partial charge in [0.05, 0.1) is 7.11 Å². The second-order valence-corrected chi connectivity index (χ2v) is 6.91. The molecule has 1 heterocycles. The van der Waals surface area contributed by atoms with Crippen LogP contribution in [0.2, 0.25) is 0 Å². The number of fused-ring (bicyclic) bond motifs is 1. The quantitative estimate of drug-likeness (QED) is 0.746. The zero-order chi connectivity index (χ0) is 19.3. The number of nitrogens with one attached hydrogen (secondary N) is 1. The predicted octanol–water partition coefficient (Wildman–Crippen LogP) is 2.90. The molecule has 2 atom stereocenters. The van der Waals surface area contributed by atoms with Gasteiger partial charge >= 0.3 is 11.9 Å². The van der Waals surface area contributed by atoms with Gasteiger partial charge in [0.2, 0.25) is 0 Å². The molecule has 2 rings (SSSR count). The van der Waals surface area contributed by atoms with Gasteiger partial charge in [-0.1, -0.05) is 20.3 Å². The third-order valence-electron chi connectivity index (χ3n) is 4.00. The Kier molecular flexibility index (Phi) is 6.68. The Balaban J connectivity index is 1.96. The van der Waals surface area contributed by atoms with Gasteiger partial charge in [-0.05, 0) is 35.6 Å². The summed E-state index contributed by atoms with van der Waals surface area (Å²) in [7, 11) is 1.24. The lowest BCUT2D eigenvalue weighted by Crippen LogP contribution is -2.47. The highest BCUT2D eigenvalue weighted by Gasteiger charge is 2.27.